The van der Waals surface area contributed by atoms with Gasteiger partial charge in [0.2, 0.25) is 4.38 Å². The first-order chi connectivity index (χ1) is 13.6. The molecule has 0 aromatic heterocycles. The van der Waals surface area contributed by atoms with E-state index in [2.05, 4.69) is 61.6 Å². The molecule has 1 rings (SSSR count). The van der Waals surface area contributed by atoms with Crippen molar-refractivity contribution in [3.05, 3.63) is 0 Å². The van der Waals surface area contributed by atoms with Crippen molar-refractivity contribution < 1.29 is 18.6 Å². The molecule has 6 atom stereocenters. The number of hydrogen-bond acceptors (Lipinski definition) is 6. The van der Waals surface area contributed by atoms with Crippen LogP contribution in [0.1, 0.15) is 68.7 Å². The van der Waals surface area contributed by atoms with E-state index in [1.165, 1.54) is 11.8 Å². The van der Waals surface area contributed by atoms with Gasteiger partial charge < -0.3 is 18.6 Å². The topological polar surface area (TPSA) is 36.9 Å². The van der Waals surface area contributed by atoms with Gasteiger partial charge in [-0.25, -0.2) is 0 Å². The fraction of sp³-hybridized carbons (Fsp3) is 0.957. The van der Waals surface area contributed by atoms with E-state index in [1.54, 1.807) is 0 Å². The second-order valence-electron chi connectivity index (χ2n) is 10.9. The highest BCUT2D eigenvalue weighted by Gasteiger charge is 2.46. The maximum absolute atomic E-state index is 6.54. The zero-order valence-electron chi connectivity index (χ0n) is 21.3. The predicted molar refractivity (Wildman–Crippen MR) is 136 cm³/mol. The van der Waals surface area contributed by atoms with Crippen molar-refractivity contribution in [2.45, 2.75) is 111 Å². The third-order valence-corrected chi connectivity index (χ3v) is 12.4. The van der Waals surface area contributed by atoms with E-state index in [4.69, 9.17) is 30.9 Å². The Morgan fingerprint density at radius 1 is 1.20 bits per heavy atom. The molecule has 1 saturated heterocycles. The van der Waals surface area contributed by atoms with Crippen LogP contribution < -0.4 is 0 Å². The van der Waals surface area contributed by atoms with Gasteiger partial charge in [0.1, 0.15) is 6.10 Å². The molecular formula is C23H46O4S2Si. The minimum atomic E-state index is -1.83. The highest BCUT2D eigenvalue weighted by molar-refractivity contribution is 8.22. The monoisotopic (exact) mass is 478 g/mol. The summed E-state index contributed by atoms with van der Waals surface area (Å²) in [6.07, 6.45) is 3.06. The maximum Gasteiger partial charge on any atom is 0.219 e. The zero-order chi connectivity index (χ0) is 23.5. The Labute approximate surface area is 196 Å². The summed E-state index contributed by atoms with van der Waals surface area (Å²) in [4.78, 5) is 0. The summed E-state index contributed by atoms with van der Waals surface area (Å²) < 4.78 is 26.1. The molecule has 1 fully saturated rings. The molecule has 7 heteroatoms. The molecule has 0 saturated carbocycles. The van der Waals surface area contributed by atoms with Gasteiger partial charge >= 0.3 is 0 Å². The second-order valence-corrected chi connectivity index (χ2v) is 17.1. The summed E-state index contributed by atoms with van der Waals surface area (Å²) in [5, 5.41) is 0.181. The SMILES string of the molecule is CC[C@@H]1OC(C)(C)O[C@@H]([C@H](C)[C@H](OC(=S)SC)[C@@H](C)CO[Si](C)(C)C(C)(C)C)[C@@H]1C. The summed E-state index contributed by atoms with van der Waals surface area (Å²) in [6, 6.07) is 0. The molecule has 0 radical (unpaired) electrons. The number of thiocarbonyl (C=S) groups is 1. The molecule has 178 valence electrons. The molecule has 1 aliphatic rings. The highest BCUT2D eigenvalue weighted by Crippen LogP contribution is 2.40. The molecular weight excluding hydrogens is 432 g/mol. The van der Waals surface area contributed by atoms with Gasteiger partial charge in [0.25, 0.3) is 0 Å². The first-order valence-electron chi connectivity index (χ1n) is 11.3. The van der Waals surface area contributed by atoms with Crippen molar-refractivity contribution in [2.75, 3.05) is 12.9 Å². The number of thioether (sulfide) groups is 1. The van der Waals surface area contributed by atoms with Crippen molar-refractivity contribution in [2.24, 2.45) is 17.8 Å². The van der Waals surface area contributed by atoms with E-state index in [0.717, 1.165) is 6.42 Å². The van der Waals surface area contributed by atoms with Crippen LogP contribution in [0.5, 0.6) is 0 Å². The second kappa shape index (κ2) is 11.0. The van der Waals surface area contributed by atoms with E-state index in [-0.39, 0.29) is 41.1 Å². The fourth-order valence-corrected chi connectivity index (χ4v) is 5.36. The van der Waals surface area contributed by atoms with Gasteiger partial charge in [0, 0.05) is 24.4 Å². The molecule has 0 aliphatic carbocycles. The Hall–Kier alpha value is 0.337. The fourth-order valence-electron chi connectivity index (χ4n) is 3.93. The number of ether oxygens (including phenoxy) is 3. The molecule has 1 heterocycles. The smallest absolute Gasteiger partial charge is 0.219 e. The van der Waals surface area contributed by atoms with Crippen LogP contribution >= 0.6 is 24.0 Å². The van der Waals surface area contributed by atoms with E-state index in [9.17, 15) is 0 Å². The van der Waals surface area contributed by atoms with Crippen molar-refractivity contribution in [1.82, 2.24) is 0 Å². The number of rotatable bonds is 8. The lowest BCUT2D eigenvalue weighted by atomic mass is 9.80. The van der Waals surface area contributed by atoms with E-state index < -0.39 is 14.1 Å². The molecule has 0 aromatic rings. The minimum Gasteiger partial charge on any atom is -0.475 e. The van der Waals surface area contributed by atoms with Gasteiger partial charge in [-0.2, -0.15) is 0 Å². The van der Waals surface area contributed by atoms with Gasteiger partial charge in [-0.1, -0.05) is 60.2 Å². The standard InChI is InChI=1S/C23H46O4S2Si/c1-13-18-16(3)20(27-23(8,9)26-18)17(4)19(25-21(28)29-10)15(2)14-24-30(11,12)22(5,6)7/h15-20H,13-14H2,1-12H3/t15-,16+,17+,18-,19+,20+/m0/s1. The van der Waals surface area contributed by atoms with Crippen LogP contribution in [-0.2, 0) is 18.6 Å². The van der Waals surface area contributed by atoms with Crippen LogP contribution in [0.25, 0.3) is 0 Å². The maximum atomic E-state index is 6.54. The lowest BCUT2D eigenvalue weighted by Gasteiger charge is -2.48. The molecule has 1 aliphatic heterocycles. The third-order valence-electron chi connectivity index (χ3n) is 6.87. The molecule has 0 bridgehead atoms. The Bertz CT molecular complexity index is 562. The summed E-state index contributed by atoms with van der Waals surface area (Å²) in [5.74, 6) is 0.0271. The van der Waals surface area contributed by atoms with Gasteiger partial charge in [0.15, 0.2) is 14.1 Å². The summed E-state index contributed by atoms with van der Waals surface area (Å²) in [7, 11) is -1.83. The Morgan fingerprint density at radius 3 is 2.23 bits per heavy atom. The Morgan fingerprint density at radius 2 is 1.77 bits per heavy atom. The molecule has 0 spiro atoms. The van der Waals surface area contributed by atoms with Crippen LogP contribution in [0.3, 0.4) is 0 Å². The van der Waals surface area contributed by atoms with E-state index in [0.29, 0.717) is 11.0 Å². The van der Waals surface area contributed by atoms with Crippen molar-refractivity contribution in [3.8, 4) is 0 Å². The van der Waals surface area contributed by atoms with Crippen LogP contribution in [-0.4, -0.2) is 49.7 Å². The molecule has 30 heavy (non-hydrogen) atoms. The lowest BCUT2D eigenvalue weighted by Crippen LogP contribution is -2.55. The van der Waals surface area contributed by atoms with E-state index in [1.807, 2.05) is 20.1 Å². The van der Waals surface area contributed by atoms with Gasteiger partial charge in [0.05, 0.1) is 12.2 Å². The molecule has 0 aromatic carbocycles. The first kappa shape index (κ1) is 28.4. The molecule has 0 amide bonds. The van der Waals surface area contributed by atoms with Gasteiger partial charge in [-0.05, 0) is 56.9 Å². The third kappa shape index (κ3) is 7.44. The average Bonchev–Trinajstić information content (AvgIpc) is 2.63. The minimum absolute atomic E-state index is 0.0312. The quantitative estimate of drug-likeness (QED) is 0.279. The largest absolute Gasteiger partial charge is 0.475 e. The highest BCUT2D eigenvalue weighted by atomic mass is 32.2. The van der Waals surface area contributed by atoms with Crippen LogP contribution in [0.2, 0.25) is 18.1 Å². The summed E-state index contributed by atoms with van der Waals surface area (Å²) in [5.41, 5.74) is 0. The molecule has 4 nitrogen and oxygen atoms in total. The lowest BCUT2D eigenvalue weighted by molar-refractivity contribution is -0.331. The van der Waals surface area contributed by atoms with Crippen molar-refractivity contribution in [1.29, 1.82) is 0 Å². The number of hydrogen-bond donors (Lipinski definition) is 0. The van der Waals surface area contributed by atoms with Crippen molar-refractivity contribution in [3.63, 3.8) is 0 Å². The Kier molecular flexibility index (Phi) is 10.4. The van der Waals surface area contributed by atoms with Crippen LogP contribution in [0.15, 0.2) is 0 Å². The first-order valence-corrected chi connectivity index (χ1v) is 15.8. The average molecular weight is 479 g/mol. The van der Waals surface area contributed by atoms with Crippen molar-refractivity contribution >= 4 is 36.7 Å². The normalized spacial score (nSPS) is 27.9. The predicted octanol–water partition coefficient (Wildman–Crippen LogP) is 6.88. The summed E-state index contributed by atoms with van der Waals surface area (Å²) >= 11 is 6.93. The summed E-state index contributed by atoms with van der Waals surface area (Å²) in [6.45, 7) is 24.9. The Balaban J connectivity index is 3.06. The van der Waals surface area contributed by atoms with Gasteiger partial charge in [-0.3, -0.25) is 0 Å². The zero-order valence-corrected chi connectivity index (χ0v) is 24.0. The molecule has 0 N–H and O–H groups in total. The molecule has 0 unspecified atom stereocenters. The van der Waals surface area contributed by atoms with Crippen LogP contribution in [0, 0.1) is 17.8 Å². The van der Waals surface area contributed by atoms with Crippen LogP contribution in [0.4, 0.5) is 0 Å². The van der Waals surface area contributed by atoms with E-state index >= 15 is 0 Å². The van der Waals surface area contributed by atoms with Gasteiger partial charge in [-0.15, -0.1) is 0 Å².